The number of carbonyl (C=O) groups excluding carboxylic acids is 2. The number of rotatable bonds is 4. The normalized spacial score (nSPS) is 16.2. The molecule has 27 heavy (non-hydrogen) atoms. The first kappa shape index (κ1) is 19.1. The first-order valence-corrected chi connectivity index (χ1v) is 8.76. The van der Waals surface area contributed by atoms with Gasteiger partial charge in [-0.05, 0) is 26.7 Å². The molecule has 7 nitrogen and oxygen atoms in total. The highest BCUT2D eigenvalue weighted by atomic mass is 16.6. The molecule has 1 aliphatic heterocycles. The highest BCUT2D eigenvalue weighted by molar-refractivity contribution is 6.00. The number of esters is 2. The average molecular weight is 373 g/mol. The Morgan fingerprint density at radius 3 is 2.52 bits per heavy atom. The molecule has 1 atom stereocenters. The predicted molar refractivity (Wildman–Crippen MR) is 99.0 cm³/mol. The quantitative estimate of drug-likeness (QED) is 0.624. The third-order valence-electron chi connectivity index (χ3n) is 4.47. The number of fused-ring (bicyclic) bond motifs is 3. The van der Waals surface area contributed by atoms with Crippen LogP contribution in [0.25, 0.3) is 10.8 Å². The van der Waals surface area contributed by atoms with Gasteiger partial charge in [0.2, 0.25) is 0 Å². The summed E-state index contributed by atoms with van der Waals surface area (Å²) >= 11 is 0. The Morgan fingerprint density at radius 2 is 1.89 bits per heavy atom. The van der Waals surface area contributed by atoms with Crippen LogP contribution in [0.1, 0.15) is 32.8 Å². The molecule has 0 amide bonds. The summed E-state index contributed by atoms with van der Waals surface area (Å²) in [6.07, 6.45) is 1.29. The van der Waals surface area contributed by atoms with Gasteiger partial charge in [-0.25, -0.2) is 4.79 Å². The van der Waals surface area contributed by atoms with E-state index in [1.54, 1.807) is 12.1 Å². The number of nitrogens with two attached hydrogens (primary N) is 1. The van der Waals surface area contributed by atoms with Crippen LogP contribution in [-0.4, -0.2) is 35.3 Å². The van der Waals surface area contributed by atoms with Crippen molar-refractivity contribution in [3.8, 4) is 17.2 Å². The van der Waals surface area contributed by atoms with E-state index in [1.165, 1.54) is 6.92 Å². The second-order valence-corrected chi connectivity index (χ2v) is 7.18. The van der Waals surface area contributed by atoms with Crippen LogP contribution < -0.4 is 19.9 Å². The Labute approximate surface area is 157 Å². The number of aliphatic hydroxyl groups is 1. The molecule has 0 saturated heterocycles. The van der Waals surface area contributed by atoms with Crippen molar-refractivity contribution in [1.29, 1.82) is 0 Å². The van der Waals surface area contributed by atoms with Crippen molar-refractivity contribution in [3.05, 3.63) is 29.8 Å². The lowest BCUT2D eigenvalue weighted by atomic mass is 9.91. The molecule has 3 rings (SSSR count). The average Bonchev–Trinajstić information content (AvgIpc) is 2.62. The van der Waals surface area contributed by atoms with Gasteiger partial charge in [0, 0.05) is 23.3 Å². The van der Waals surface area contributed by atoms with Gasteiger partial charge in [-0.3, -0.25) is 4.79 Å². The van der Waals surface area contributed by atoms with Crippen molar-refractivity contribution >= 4 is 22.7 Å². The smallest absolute Gasteiger partial charge is 0.330 e. The lowest BCUT2D eigenvalue weighted by molar-refractivity contribution is -0.138. The SMILES string of the molecule is CC(=O)Oc1c2c(c3ccccc3c1OC(=O)[C@@H](N)CO)OC(C)(C)CC2. The van der Waals surface area contributed by atoms with E-state index in [2.05, 4.69) is 0 Å². The summed E-state index contributed by atoms with van der Waals surface area (Å²) < 4.78 is 17.1. The van der Waals surface area contributed by atoms with E-state index in [4.69, 9.17) is 25.1 Å². The van der Waals surface area contributed by atoms with E-state index in [1.807, 2.05) is 26.0 Å². The van der Waals surface area contributed by atoms with Crippen molar-refractivity contribution in [3.63, 3.8) is 0 Å². The van der Waals surface area contributed by atoms with Gasteiger partial charge in [0.1, 0.15) is 17.4 Å². The number of hydrogen-bond acceptors (Lipinski definition) is 7. The van der Waals surface area contributed by atoms with Gasteiger partial charge in [0.25, 0.3) is 0 Å². The molecule has 1 heterocycles. The monoisotopic (exact) mass is 373 g/mol. The lowest BCUT2D eigenvalue weighted by Gasteiger charge is -2.34. The Morgan fingerprint density at radius 1 is 1.22 bits per heavy atom. The Kier molecular flexibility index (Phi) is 5.08. The first-order valence-electron chi connectivity index (χ1n) is 8.76. The summed E-state index contributed by atoms with van der Waals surface area (Å²) in [6, 6.07) is 6.05. The van der Waals surface area contributed by atoms with Gasteiger partial charge in [0.05, 0.1) is 6.61 Å². The molecule has 0 aliphatic carbocycles. The molecule has 0 bridgehead atoms. The molecule has 144 valence electrons. The molecule has 3 N–H and O–H groups in total. The fourth-order valence-corrected chi connectivity index (χ4v) is 3.10. The highest BCUT2D eigenvalue weighted by Crippen LogP contribution is 2.50. The predicted octanol–water partition coefficient (Wildman–Crippen LogP) is 2.09. The van der Waals surface area contributed by atoms with Gasteiger partial charge < -0.3 is 25.1 Å². The van der Waals surface area contributed by atoms with Gasteiger partial charge in [-0.15, -0.1) is 0 Å². The van der Waals surface area contributed by atoms with Gasteiger partial charge in [-0.1, -0.05) is 24.3 Å². The van der Waals surface area contributed by atoms with Crippen LogP contribution in [0.3, 0.4) is 0 Å². The Bertz CT molecular complexity index is 905. The summed E-state index contributed by atoms with van der Waals surface area (Å²) in [5.74, 6) is -0.472. The van der Waals surface area contributed by atoms with Crippen LogP contribution in [0.4, 0.5) is 0 Å². The minimum atomic E-state index is -1.19. The fourth-order valence-electron chi connectivity index (χ4n) is 3.10. The van der Waals surface area contributed by atoms with E-state index in [0.717, 1.165) is 5.39 Å². The van der Waals surface area contributed by atoms with Crippen LogP contribution in [0, 0.1) is 0 Å². The van der Waals surface area contributed by atoms with Crippen molar-refractivity contribution < 1.29 is 28.9 Å². The van der Waals surface area contributed by atoms with E-state index in [9.17, 15) is 9.59 Å². The largest absolute Gasteiger partial charge is 0.487 e. The van der Waals surface area contributed by atoms with E-state index >= 15 is 0 Å². The highest BCUT2D eigenvalue weighted by Gasteiger charge is 2.34. The van der Waals surface area contributed by atoms with Crippen molar-refractivity contribution in [2.75, 3.05) is 6.61 Å². The van der Waals surface area contributed by atoms with Gasteiger partial charge in [-0.2, -0.15) is 0 Å². The molecule has 7 heteroatoms. The van der Waals surface area contributed by atoms with Gasteiger partial charge >= 0.3 is 11.9 Å². The number of aliphatic hydroxyl groups excluding tert-OH is 1. The second kappa shape index (κ2) is 7.17. The molecule has 0 saturated carbocycles. The minimum Gasteiger partial charge on any atom is -0.487 e. The minimum absolute atomic E-state index is 0.108. The summed E-state index contributed by atoms with van der Waals surface area (Å²) in [5.41, 5.74) is 5.87. The molecule has 0 aromatic heterocycles. The Hall–Kier alpha value is -2.64. The first-order chi connectivity index (χ1) is 12.7. The van der Waals surface area contributed by atoms with Crippen molar-refractivity contribution in [2.45, 2.75) is 45.3 Å². The fraction of sp³-hybridized carbons (Fsp3) is 0.400. The maximum absolute atomic E-state index is 12.2. The van der Waals surface area contributed by atoms with Crippen molar-refractivity contribution in [1.82, 2.24) is 0 Å². The van der Waals surface area contributed by atoms with Gasteiger partial charge in [0.15, 0.2) is 11.5 Å². The van der Waals surface area contributed by atoms with Crippen LogP contribution in [-0.2, 0) is 16.0 Å². The molecule has 2 aromatic carbocycles. The summed E-state index contributed by atoms with van der Waals surface area (Å²) in [7, 11) is 0. The van der Waals surface area contributed by atoms with Crippen molar-refractivity contribution in [2.24, 2.45) is 5.73 Å². The number of hydrogen-bond donors (Lipinski definition) is 2. The molecule has 0 radical (unpaired) electrons. The third-order valence-corrected chi connectivity index (χ3v) is 4.47. The number of ether oxygens (including phenoxy) is 3. The third kappa shape index (κ3) is 3.74. The molecular formula is C20H23NO6. The van der Waals surface area contributed by atoms with Crippen LogP contribution in [0.5, 0.6) is 17.2 Å². The summed E-state index contributed by atoms with van der Waals surface area (Å²) in [5, 5.41) is 10.4. The Balaban J connectivity index is 2.26. The zero-order valence-corrected chi connectivity index (χ0v) is 15.6. The standard InChI is InChI=1S/C20H23NO6/c1-11(23)25-18-14-8-9-20(2,3)27-16(14)12-6-4-5-7-13(12)17(18)26-19(24)15(21)10-22/h4-7,15,22H,8-10,21H2,1-3H3/t15-/m0/s1. The van der Waals surface area contributed by atoms with Crippen LogP contribution in [0.2, 0.25) is 0 Å². The van der Waals surface area contributed by atoms with E-state index < -0.39 is 24.6 Å². The zero-order chi connectivity index (χ0) is 19.8. The topological polar surface area (TPSA) is 108 Å². The molecule has 0 spiro atoms. The molecule has 0 unspecified atom stereocenters. The molecule has 1 aliphatic rings. The molecule has 2 aromatic rings. The summed E-state index contributed by atoms with van der Waals surface area (Å²) in [4.78, 5) is 23.9. The van der Waals surface area contributed by atoms with E-state index in [0.29, 0.717) is 29.5 Å². The summed E-state index contributed by atoms with van der Waals surface area (Å²) in [6.45, 7) is 4.71. The van der Waals surface area contributed by atoms with Crippen LogP contribution in [0.15, 0.2) is 24.3 Å². The maximum Gasteiger partial charge on any atom is 0.330 e. The number of benzene rings is 2. The van der Waals surface area contributed by atoms with E-state index in [-0.39, 0.29) is 17.1 Å². The molecule has 0 fully saturated rings. The van der Waals surface area contributed by atoms with Crippen LogP contribution >= 0.6 is 0 Å². The second-order valence-electron chi connectivity index (χ2n) is 7.18. The maximum atomic E-state index is 12.2. The lowest BCUT2D eigenvalue weighted by Crippen LogP contribution is -2.37. The zero-order valence-electron chi connectivity index (χ0n) is 15.6. The molecular weight excluding hydrogens is 350 g/mol. The number of carbonyl (C=O) groups is 2.